The smallest absolute Gasteiger partial charge is 0.255 e. The maximum atomic E-state index is 12.5. The van der Waals surface area contributed by atoms with Crippen LogP contribution in [0, 0.1) is 5.92 Å². The molecule has 1 unspecified atom stereocenters. The highest BCUT2D eigenvalue weighted by atomic mass is 35.5. The molecule has 2 aromatic rings. The number of hydrogen-bond donors (Lipinski definition) is 1. The van der Waals surface area contributed by atoms with E-state index in [-0.39, 0.29) is 18.3 Å². The number of rotatable bonds is 4. The van der Waals surface area contributed by atoms with E-state index in [1.54, 1.807) is 6.20 Å². The van der Waals surface area contributed by atoms with E-state index in [4.69, 9.17) is 0 Å². The zero-order valence-corrected chi connectivity index (χ0v) is 17.8. The van der Waals surface area contributed by atoms with Crippen molar-refractivity contribution in [2.75, 3.05) is 33.2 Å². The third-order valence-corrected chi connectivity index (χ3v) is 6.33. The quantitative estimate of drug-likeness (QED) is 0.833. The number of aliphatic hydroxyl groups is 1. The van der Waals surface area contributed by atoms with Gasteiger partial charge in [-0.25, -0.2) is 0 Å². The van der Waals surface area contributed by atoms with Gasteiger partial charge in [0.05, 0.1) is 16.9 Å². The van der Waals surface area contributed by atoms with Crippen molar-refractivity contribution in [3.63, 3.8) is 0 Å². The summed E-state index contributed by atoms with van der Waals surface area (Å²) in [7, 11) is 1.89. The first kappa shape index (κ1) is 21.8. The fourth-order valence-electron chi connectivity index (χ4n) is 4.55. The number of likely N-dealkylation sites (tertiary alicyclic amines) is 1. The van der Waals surface area contributed by atoms with E-state index in [0.29, 0.717) is 5.92 Å². The van der Waals surface area contributed by atoms with Gasteiger partial charge in [0.1, 0.15) is 0 Å². The van der Waals surface area contributed by atoms with E-state index in [1.165, 1.54) is 0 Å². The fraction of sp³-hybridized carbons (Fsp3) is 0.478. The number of carbonyl (C=O) groups excluding carboxylic acids is 1. The minimum Gasteiger partial charge on any atom is -0.385 e. The number of fused-ring (bicyclic) bond motifs is 1. The molecule has 6 heteroatoms. The zero-order valence-electron chi connectivity index (χ0n) is 17.0. The largest absolute Gasteiger partial charge is 0.385 e. The van der Waals surface area contributed by atoms with Crippen LogP contribution >= 0.6 is 12.4 Å². The van der Waals surface area contributed by atoms with Crippen molar-refractivity contribution in [1.29, 1.82) is 0 Å². The Bertz CT molecular complexity index is 822. The number of carbonyl (C=O) groups is 1. The summed E-state index contributed by atoms with van der Waals surface area (Å²) in [6.45, 7) is 3.58. The van der Waals surface area contributed by atoms with Gasteiger partial charge in [0.25, 0.3) is 5.91 Å². The average Bonchev–Trinajstić information content (AvgIpc) is 2.85. The summed E-state index contributed by atoms with van der Waals surface area (Å²) in [5.74, 6) is 0.497. The van der Waals surface area contributed by atoms with Crippen LogP contribution in [0.1, 0.15) is 40.9 Å². The van der Waals surface area contributed by atoms with Crippen LogP contribution in [0.4, 0.5) is 0 Å². The maximum Gasteiger partial charge on any atom is 0.255 e. The molecule has 2 aliphatic heterocycles. The first-order valence-corrected chi connectivity index (χ1v) is 10.2. The van der Waals surface area contributed by atoms with Gasteiger partial charge in [0.15, 0.2) is 0 Å². The Morgan fingerprint density at radius 2 is 1.86 bits per heavy atom. The van der Waals surface area contributed by atoms with Crippen molar-refractivity contribution >= 4 is 18.3 Å². The van der Waals surface area contributed by atoms with Gasteiger partial charge in [-0.15, -0.1) is 12.4 Å². The molecule has 1 fully saturated rings. The molecule has 1 saturated heterocycles. The van der Waals surface area contributed by atoms with E-state index in [9.17, 15) is 9.90 Å². The van der Waals surface area contributed by atoms with Crippen LogP contribution in [0.15, 0.2) is 48.7 Å². The number of halogens is 1. The highest BCUT2D eigenvalue weighted by Crippen LogP contribution is 2.33. The summed E-state index contributed by atoms with van der Waals surface area (Å²) in [5.41, 5.74) is 2.01. The van der Waals surface area contributed by atoms with Crippen LogP contribution in [0.2, 0.25) is 0 Å². The molecule has 2 aliphatic rings. The van der Waals surface area contributed by atoms with Gasteiger partial charge in [0.2, 0.25) is 0 Å². The van der Waals surface area contributed by atoms with Crippen molar-refractivity contribution in [3.8, 4) is 0 Å². The van der Waals surface area contributed by atoms with Crippen LogP contribution in [0.5, 0.6) is 0 Å². The third-order valence-electron chi connectivity index (χ3n) is 6.33. The molecule has 0 aliphatic carbocycles. The Kier molecular flexibility index (Phi) is 6.93. The number of benzene rings is 1. The second-order valence-electron chi connectivity index (χ2n) is 8.28. The Balaban J connectivity index is 0.00000240. The van der Waals surface area contributed by atoms with E-state index in [2.05, 4.69) is 9.88 Å². The third kappa shape index (κ3) is 4.80. The van der Waals surface area contributed by atoms with Gasteiger partial charge in [-0.2, -0.15) is 0 Å². The molecule has 4 rings (SSSR count). The number of nitrogens with zero attached hydrogens (tertiary/aromatic N) is 3. The van der Waals surface area contributed by atoms with Crippen LogP contribution in [-0.4, -0.2) is 59.0 Å². The Labute approximate surface area is 179 Å². The van der Waals surface area contributed by atoms with Gasteiger partial charge < -0.3 is 14.9 Å². The number of aromatic nitrogens is 1. The highest BCUT2D eigenvalue weighted by Gasteiger charge is 2.34. The number of hydrogen-bond acceptors (Lipinski definition) is 4. The number of amides is 1. The second-order valence-corrected chi connectivity index (χ2v) is 8.28. The van der Waals surface area contributed by atoms with Gasteiger partial charge in [0, 0.05) is 32.9 Å². The van der Waals surface area contributed by atoms with Crippen LogP contribution in [0.25, 0.3) is 0 Å². The molecular formula is C23H30ClN3O2. The normalized spacial score (nSPS) is 21.8. The standard InChI is InChI=1S/C23H29N3O2.ClH/c1-25-17-18(16-21-20(22(25)27)8-5-12-24-21)9-13-26-14-10-23(28,11-15-26)19-6-3-2-4-7-19;/h2-8,12,18,28H,9-11,13-17H2,1H3;1H. The summed E-state index contributed by atoms with van der Waals surface area (Å²) < 4.78 is 0. The summed E-state index contributed by atoms with van der Waals surface area (Å²) in [6, 6.07) is 13.8. The Hall–Kier alpha value is -1.95. The molecule has 0 saturated carbocycles. The van der Waals surface area contributed by atoms with Crippen LogP contribution in [-0.2, 0) is 12.0 Å². The molecule has 156 valence electrons. The molecule has 5 nitrogen and oxygen atoms in total. The van der Waals surface area contributed by atoms with E-state index < -0.39 is 5.60 Å². The minimum atomic E-state index is -0.699. The van der Waals surface area contributed by atoms with Crippen molar-refractivity contribution in [2.45, 2.75) is 31.3 Å². The molecule has 1 atom stereocenters. The monoisotopic (exact) mass is 415 g/mol. The van der Waals surface area contributed by atoms with E-state index >= 15 is 0 Å². The minimum absolute atomic E-state index is 0. The first-order valence-electron chi connectivity index (χ1n) is 10.2. The summed E-state index contributed by atoms with van der Waals surface area (Å²) >= 11 is 0. The topological polar surface area (TPSA) is 56.7 Å². The molecule has 0 radical (unpaired) electrons. The fourth-order valence-corrected chi connectivity index (χ4v) is 4.55. The Morgan fingerprint density at radius 1 is 1.14 bits per heavy atom. The van der Waals surface area contributed by atoms with E-state index in [0.717, 1.165) is 68.7 Å². The molecule has 29 heavy (non-hydrogen) atoms. The van der Waals surface area contributed by atoms with Gasteiger partial charge >= 0.3 is 0 Å². The van der Waals surface area contributed by atoms with Crippen LogP contribution < -0.4 is 0 Å². The lowest BCUT2D eigenvalue weighted by Gasteiger charge is -2.39. The predicted molar refractivity (Wildman–Crippen MR) is 116 cm³/mol. The maximum absolute atomic E-state index is 12.5. The molecule has 0 bridgehead atoms. The van der Waals surface area contributed by atoms with Crippen molar-refractivity contribution < 1.29 is 9.90 Å². The average molecular weight is 416 g/mol. The molecule has 0 spiro atoms. The van der Waals surface area contributed by atoms with Crippen molar-refractivity contribution in [3.05, 3.63) is 65.5 Å². The van der Waals surface area contributed by atoms with Crippen molar-refractivity contribution in [1.82, 2.24) is 14.8 Å². The molecular weight excluding hydrogens is 386 g/mol. The summed E-state index contributed by atoms with van der Waals surface area (Å²) in [4.78, 5) is 21.3. The molecule has 1 N–H and O–H groups in total. The van der Waals surface area contributed by atoms with Gasteiger partial charge in [-0.3, -0.25) is 9.78 Å². The summed E-state index contributed by atoms with van der Waals surface area (Å²) in [5, 5.41) is 11.0. The zero-order chi connectivity index (χ0) is 19.6. The lowest BCUT2D eigenvalue weighted by molar-refractivity contribution is -0.0268. The molecule has 1 aromatic carbocycles. The van der Waals surface area contributed by atoms with Crippen LogP contribution in [0.3, 0.4) is 0 Å². The molecule has 1 aromatic heterocycles. The first-order chi connectivity index (χ1) is 13.5. The lowest BCUT2D eigenvalue weighted by Crippen LogP contribution is -2.43. The predicted octanol–water partition coefficient (Wildman–Crippen LogP) is 3.12. The van der Waals surface area contributed by atoms with E-state index in [1.807, 2.05) is 54.4 Å². The van der Waals surface area contributed by atoms with Gasteiger partial charge in [-0.05, 0) is 55.8 Å². The van der Waals surface area contributed by atoms with Crippen molar-refractivity contribution in [2.24, 2.45) is 5.92 Å². The second kappa shape index (κ2) is 9.24. The van der Waals surface area contributed by atoms with Gasteiger partial charge in [-0.1, -0.05) is 30.3 Å². The molecule has 1 amide bonds. The molecule has 3 heterocycles. The number of pyridine rings is 1. The lowest BCUT2D eigenvalue weighted by atomic mass is 9.84. The SMILES string of the molecule is CN1CC(CCN2CCC(O)(c3ccccc3)CC2)Cc2ncccc2C1=O.Cl. The number of piperidine rings is 1. The Morgan fingerprint density at radius 3 is 2.59 bits per heavy atom. The summed E-state index contributed by atoms with van der Waals surface area (Å²) in [6.07, 6.45) is 5.21. The highest BCUT2D eigenvalue weighted by molar-refractivity contribution is 5.95.